The Morgan fingerprint density at radius 2 is 1.75 bits per heavy atom. The third-order valence-electron chi connectivity index (χ3n) is 5.28. The lowest BCUT2D eigenvalue weighted by Gasteiger charge is -2.26. The Morgan fingerprint density at radius 1 is 1.07 bits per heavy atom. The first kappa shape index (κ1) is 19.7. The van der Waals surface area contributed by atoms with E-state index in [0.29, 0.717) is 17.4 Å². The minimum absolute atomic E-state index is 0.223. The summed E-state index contributed by atoms with van der Waals surface area (Å²) in [6, 6.07) is 8.93. The van der Waals surface area contributed by atoms with Crippen LogP contribution in [0.25, 0.3) is 6.08 Å². The number of nitrogens with two attached hydrogens (primary N) is 1. The van der Waals surface area contributed by atoms with Gasteiger partial charge in [0.1, 0.15) is 0 Å². The molecule has 0 spiro atoms. The number of carbonyl (C=O) groups is 2. The minimum atomic E-state index is -0.642. The average Bonchev–Trinajstić information content (AvgIpc) is 2.94. The zero-order valence-electron chi connectivity index (χ0n) is 16.5. The Labute approximate surface area is 165 Å². The normalized spacial score (nSPS) is 14.9. The van der Waals surface area contributed by atoms with Gasteiger partial charge >= 0.3 is 6.03 Å². The zero-order chi connectivity index (χ0) is 20.1. The maximum atomic E-state index is 12.3. The molecule has 0 radical (unpaired) electrons. The van der Waals surface area contributed by atoms with Gasteiger partial charge in [-0.25, -0.2) is 4.79 Å². The maximum Gasteiger partial charge on any atom is 0.316 e. The number of amides is 3. The molecule has 4 N–H and O–H groups in total. The molecule has 1 aliphatic carbocycles. The van der Waals surface area contributed by atoms with Crippen LogP contribution in [0, 0.1) is 13.8 Å². The van der Waals surface area contributed by atoms with E-state index in [-0.39, 0.29) is 5.91 Å². The molecule has 1 aromatic carbocycles. The predicted octanol–water partition coefficient (Wildman–Crippen LogP) is 4.75. The highest BCUT2D eigenvalue weighted by atomic mass is 16.2. The lowest BCUT2D eigenvalue weighted by Crippen LogP contribution is -2.19. The highest BCUT2D eigenvalue weighted by Crippen LogP contribution is 2.32. The molecular formula is C22H28N4O2. The first-order valence-electron chi connectivity index (χ1n) is 9.78. The first-order chi connectivity index (χ1) is 13.4. The second-order valence-corrected chi connectivity index (χ2v) is 7.38. The van der Waals surface area contributed by atoms with Crippen LogP contribution in [0.3, 0.4) is 0 Å². The second-order valence-electron chi connectivity index (χ2n) is 7.38. The molecule has 0 bridgehead atoms. The van der Waals surface area contributed by atoms with Crippen molar-refractivity contribution < 1.29 is 9.59 Å². The van der Waals surface area contributed by atoms with Gasteiger partial charge in [-0.3, -0.25) is 4.79 Å². The number of anilines is 2. The summed E-state index contributed by atoms with van der Waals surface area (Å²) in [4.78, 5) is 23.3. The summed E-state index contributed by atoms with van der Waals surface area (Å²) in [6.07, 6.45) is 9.78. The fourth-order valence-corrected chi connectivity index (χ4v) is 4.04. The van der Waals surface area contributed by atoms with Gasteiger partial charge in [-0.1, -0.05) is 25.3 Å². The van der Waals surface area contributed by atoms with Gasteiger partial charge in [0.05, 0.1) is 0 Å². The molecular weight excluding hydrogens is 352 g/mol. The predicted molar refractivity (Wildman–Crippen MR) is 113 cm³/mol. The zero-order valence-corrected chi connectivity index (χ0v) is 16.5. The van der Waals surface area contributed by atoms with E-state index in [0.717, 1.165) is 5.56 Å². The van der Waals surface area contributed by atoms with Gasteiger partial charge in [0, 0.05) is 34.9 Å². The van der Waals surface area contributed by atoms with E-state index in [4.69, 9.17) is 5.73 Å². The summed E-state index contributed by atoms with van der Waals surface area (Å²) < 4.78 is 2.43. The topological polar surface area (TPSA) is 89.2 Å². The number of nitrogens with zero attached hydrogens (tertiary/aromatic N) is 1. The number of benzene rings is 1. The molecule has 2 aromatic rings. The van der Waals surface area contributed by atoms with Crippen molar-refractivity contribution in [2.24, 2.45) is 5.73 Å². The number of aryl methyl sites for hydroxylation is 1. The van der Waals surface area contributed by atoms with Crippen LogP contribution in [-0.4, -0.2) is 16.5 Å². The second kappa shape index (κ2) is 8.78. The van der Waals surface area contributed by atoms with Crippen molar-refractivity contribution in [2.75, 3.05) is 10.6 Å². The average molecular weight is 380 g/mol. The minimum Gasteiger partial charge on any atom is -0.351 e. The molecule has 1 heterocycles. The van der Waals surface area contributed by atoms with E-state index in [9.17, 15) is 9.59 Å². The third-order valence-corrected chi connectivity index (χ3v) is 5.28. The Bertz CT molecular complexity index is 892. The van der Waals surface area contributed by atoms with Crippen molar-refractivity contribution in [3.05, 3.63) is 53.4 Å². The fraction of sp³-hybridized carbons (Fsp3) is 0.364. The highest BCUT2D eigenvalue weighted by molar-refractivity contribution is 6.02. The molecule has 1 aromatic heterocycles. The van der Waals surface area contributed by atoms with Crippen molar-refractivity contribution in [1.82, 2.24) is 4.57 Å². The number of rotatable bonds is 5. The summed E-state index contributed by atoms with van der Waals surface area (Å²) in [5.41, 5.74) is 9.77. The van der Waals surface area contributed by atoms with Gasteiger partial charge in [-0.05, 0) is 62.6 Å². The van der Waals surface area contributed by atoms with Crippen molar-refractivity contribution >= 4 is 29.4 Å². The summed E-state index contributed by atoms with van der Waals surface area (Å²) in [7, 11) is 0. The quantitative estimate of drug-likeness (QED) is 0.653. The molecule has 6 heteroatoms. The van der Waals surface area contributed by atoms with Crippen LogP contribution >= 0.6 is 0 Å². The van der Waals surface area contributed by atoms with Gasteiger partial charge in [-0.15, -0.1) is 0 Å². The number of primary amides is 1. The molecule has 0 unspecified atom stereocenters. The Hall–Kier alpha value is -3.02. The van der Waals surface area contributed by atoms with Gasteiger partial charge in [0.15, 0.2) is 0 Å². The van der Waals surface area contributed by atoms with Crippen molar-refractivity contribution in [3.63, 3.8) is 0 Å². The van der Waals surface area contributed by atoms with E-state index >= 15 is 0 Å². The van der Waals surface area contributed by atoms with Gasteiger partial charge in [0.2, 0.25) is 5.91 Å². The van der Waals surface area contributed by atoms with Crippen LogP contribution in [0.15, 0.2) is 36.4 Å². The molecule has 0 atom stereocenters. The SMILES string of the molecule is Cc1cc(/C=C/C(=O)Nc2cccc(NC(N)=O)c2)c(C)n1C1CCCCC1. The van der Waals surface area contributed by atoms with Crippen LogP contribution < -0.4 is 16.4 Å². The van der Waals surface area contributed by atoms with E-state index in [1.807, 2.05) is 6.08 Å². The molecule has 148 valence electrons. The molecule has 0 saturated heterocycles. The Kier molecular flexibility index (Phi) is 6.19. The summed E-state index contributed by atoms with van der Waals surface area (Å²) in [6.45, 7) is 4.26. The van der Waals surface area contributed by atoms with Crippen molar-refractivity contribution in [1.29, 1.82) is 0 Å². The molecule has 1 saturated carbocycles. The van der Waals surface area contributed by atoms with E-state index < -0.39 is 6.03 Å². The van der Waals surface area contributed by atoms with Crippen LogP contribution in [-0.2, 0) is 4.79 Å². The number of urea groups is 1. The first-order valence-corrected chi connectivity index (χ1v) is 9.78. The van der Waals surface area contributed by atoms with E-state index in [1.54, 1.807) is 30.3 Å². The van der Waals surface area contributed by atoms with Gasteiger partial charge in [0.25, 0.3) is 0 Å². The number of aromatic nitrogens is 1. The van der Waals surface area contributed by atoms with Gasteiger partial charge in [-0.2, -0.15) is 0 Å². The van der Waals surface area contributed by atoms with Crippen LogP contribution in [0.2, 0.25) is 0 Å². The number of hydrogen-bond acceptors (Lipinski definition) is 2. The van der Waals surface area contributed by atoms with E-state index in [1.165, 1.54) is 43.5 Å². The molecule has 6 nitrogen and oxygen atoms in total. The summed E-state index contributed by atoms with van der Waals surface area (Å²) in [5.74, 6) is -0.223. The summed E-state index contributed by atoms with van der Waals surface area (Å²) in [5, 5.41) is 5.30. The monoisotopic (exact) mass is 380 g/mol. The molecule has 1 fully saturated rings. The molecule has 3 rings (SSSR count). The Balaban J connectivity index is 1.68. The molecule has 1 aliphatic rings. The number of hydrogen-bond donors (Lipinski definition) is 3. The fourth-order valence-electron chi connectivity index (χ4n) is 4.04. The third kappa shape index (κ3) is 4.82. The smallest absolute Gasteiger partial charge is 0.316 e. The van der Waals surface area contributed by atoms with Crippen LogP contribution in [0.1, 0.15) is 55.1 Å². The molecule has 0 aliphatic heterocycles. The number of nitrogens with one attached hydrogen (secondary N) is 2. The highest BCUT2D eigenvalue weighted by Gasteiger charge is 2.19. The van der Waals surface area contributed by atoms with Gasteiger partial charge < -0.3 is 20.9 Å². The largest absolute Gasteiger partial charge is 0.351 e. The van der Waals surface area contributed by atoms with E-state index in [2.05, 4.69) is 35.1 Å². The van der Waals surface area contributed by atoms with Crippen LogP contribution in [0.5, 0.6) is 0 Å². The molecule has 28 heavy (non-hydrogen) atoms. The Morgan fingerprint density at radius 3 is 2.43 bits per heavy atom. The van der Waals surface area contributed by atoms with Crippen molar-refractivity contribution in [3.8, 4) is 0 Å². The van der Waals surface area contributed by atoms with Crippen LogP contribution in [0.4, 0.5) is 16.2 Å². The summed E-state index contributed by atoms with van der Waals surface area (Å²) >= 11 is 0. The maximum absolute atomic E-state index is 12.3. The number of carbonyl (C=O) groups excluding carboxylic acids is 2. The lowest BCUT2D eigenvalue weighted by atomic mass is 9.95. The molecule has 3 amide bonds. The lowest BCUT2D eigenvalue weighted by molar-refractivity contribution is -0.111. The standard InChI is InChI=1S/C22H28N4O2/c1-15-13-17(16(2)26(15)20-9-4-3-5-10-20)11-12-21(27)24-18-7-6-8-19(14-18)25-22(23)28/h6-8,11-14,20H,3-5,9-10H2,1-2H3,(H,24,27)(H3,23,25,28)/b12-11+. The van der Waals surface area contributed by atoms with Crippen molar-refractivity contribution in [2.45, 2.75) is 52.0 Å².